The number of nitrogens with one attached hydrogen (secondary N) is 2. The number of ether oxygens (including phenoxy) is 1. The van der Waals surface area contributed by atoms with Crippen molar-refractivity contribution in [3.63, 3.8) is 0 Å². The first-order valence-electron chi connectivity index (χ1n) is 9.26. The number of anilines is 1. The van der Waals surface area contributed by atoms with Gasteiger partial charge in [0.1, 0.15) is 11.5 Å². The smallest absolute Gasteiger partial charge is 0.313 e. The SMILES string of the molecule is COc1cc(NC(=O)C(=O)NC(C)(C)Cc2cccc(O)c2)ccc1-c1cnco1. The van der Waals surface area contributed by atoms with Gasteiger partial charge in [-0.25, -0.2) is 4.98 Å². The molecule has 0 radical (unpaired) electrons. The third kappa shape index (κ3) is 5.16. The number of hydrogen-bond donors (Lipinski definition) is 3. The molecule has 0 fully saturated rings. The Labute approximate surface area is 173 Å². The van der Waals surface area contributed by atoms with E-state index >= 15 is 0 Å². The van der Waals surface area contributed by atoms with Gasteiger partial charge in [0.15, 0.2) is 12.2 Å². The summed E-state index contributed by atoms with van der Waals surface area (Å²) in [4.78, 5) is 28.7. The molecule has 0 saturated carbocycles. The maximum Gasteiger partial charge on any atom is 0.313 e. The molecule has 8 nitrogen and oxygen atoms in total. The molecule has 3 aromatic rings. The van der Waals surface area contributed by atoms with Crippen LogP contribution in [0.4, 0.5) is 5.69 Å². The number of phenols is 1. The number of amides is 2. The van der Waals surface area contributed by atoms with E-state index in [9.17, 15) is 14.7 Å². The Morgan fingerprint density at radius 3 is 2.63 bits per heavy atom. The minimum absolute atomic E-state index is 0.148. The first-order valence-corrected chi connectivity index (χ1v) is 9.26. The standard InChI is InChI=1S/C22H23N3O5/c1-22(2,11-14-5-4-6-16(26)9-14)25-21(28)20(27)24-15-7-8-17(18(10-15)29-3)19-12-23-13-30-19/h4-10,12-13,26H,11H2,1-3H3,(H,24,27)(H,25,28). The lowest BCUT2D eigenvalue weighted by molar-refractivity contribution is -0.137. The van der Waals surface area contributed by atoms with Gasteiger partial charge < -0.3 is 24.9 Å². The fourth-order valence-electron chi connectivity index (χ4n) is 3.09. The summed E-state index contributed by atoms with van der Waals surface area (Å²) in [5.41, 5.74) is 1.22. The number of methoxy groups -OCH3 is 1. The molecule has 2 amide bonds. The summed E-state index contributed by atoms with van der Waals surface area (Å²) in [5, 5.41) is 14.9. The molecule has 0 unspecified atom stereocenters. The number of hydrogen-bond acceptors (Lipinski definition) is 6. The summed E-state index contributed by atoms with van der Waals surface area (Å²) in [6.07, 6.45) is 3.31. The monoisotopic (exact) mass is 409 g/mol. The number of nitrogens with zero attached hydrogens (tertiary/aromatic N) is 1. The lowest BCUT2D eigenvalue weighted by atomic mass is 9.94. The number of aromatic nitrogens is 1. The Kier molecular flexibility index (Phi) is 6.06. The second-order valence-corrected chi connectivity index (χ2v) is 7.42. The molecule has 0 aliphatic rings. The van der Waals surface area contributed by atoms with Crippen molar-refractivity contribution >= 4 is 17.5 Å². The van der Waals surface area contributed by atoms with E-state index < -0.39 is 17.4 Å². The molecule has 30 heavy (non-hydrogen) atoms. The van der Waals surface area contributed by atoms with Crippen LogP contribution in [0.3, 0.4) is 0 Å². The van der Waals surface area contributed by atoms with Gasteiger partial charge in [-0.3, -0.25) is 9.59 Å². The van der Waals surface area contributed by atoms with Gasteiger partial charge in [-0.05, 0) is 50.1 Å². The van der Waals surface area contributed by atoms with Crippen molar-refractivity contribution in [2.24, 2.45) is 0 Å². The van der Waals surface area contributed by atoms with Crippen LogP contribution in [-0.2, 0) is 16.0 Å². The van der Waals surface area contributed by atoms with Crippen LogP contribution >= 0.6 is 0 Å². The van der Waals surface area contributed by atoms with Gasteiger partial charge in [-0.2, -0.15) is 0 Å². The Morgan fingerprint density at radius 1 is 1.17 bits per heavy atom. The van der Waals surface area contributed by atoms with E-state index in [1.165, 1.54) is 13.5 Å². The van der Waals surface area contributed by atoms with Crippen LogP contribution in [0.15, 0.2) is 59.5 Å². The second-order valence-electron chi connectivity index (χ2n) is 7.42. The Bertz CT molecular complexity index is 1040. The fraction of sp³-hybridized carbons (Fsp3) is 0.227. The summed E-state index contributed by atoms with van der Waals surface area (Å²) < 4.78 is 10.6. The van der Waals surface area contributed by atoms with Crippen molar-refractivity contribution in [2.45, 2.75) is 25.8 Å². The number of carbonyl (C=O) groups is 2. The van der Waals surface area contributed by atoms with E-state index in [-0.39, 0.29) is 5.75 Å². The van der Waals surface area contributed by atoms with Crippen LogP contribution < -0.4 is 15.4 Å². The molecule has 0 saturated heterocycles. The number of rotatable bonds is 6. The predicted octanol–water partition coefficient (Wildman–Crippen LogP) is 3.13. The number of oxazole rings is 1. The minimum atomic E-state index is -0.798. The molecule has 0 aliphatic heterocycles. The molecular weight excluding hydrogens is 386 g/mol. The maximum absolute atomic E-state index is 12.4. The highest BCUT2D eigenvalue weighted by Gasteiger charge is 2.25. The van der Waals surface area contributed by atoms with E-state index in [1.54, 1.807) is 56.4 Å². The topological polar surface area (TPSA) is 114 Å². The van der Waals surface area contributed by atoms with Gasteiger partial charge in [0, 0.05) is 17.3 Å². The molecule has 0 aliphatic carbocycles. The number of aromatic hydroxyl groups is 1. The van der Waals surface area contributed by atoms with E-state index in [2.05, 4.69) is 15.6 Å². The quantitative estimate of drug-likeness (QED) is 0.539. The van der Waals surface area contributed by atoms with Gasteiger partial charge in [-0.15, -0.1) is 0 Å². The number of phenolic OH excluding ortho intramolecular Hbond substituents is 1. The van der Waals surface area contributed by atoms with Crippen molar-refractivity contribution in [2.75, 3.05) is 12.4 Å². The zero-order chi connectivity index (χ0) is 21.7. The normalized spacial score (nSPS) is 11.0. The van der Waals surface area contributed by atoms with Gasteiger partial charge in [-0.1, -0.05) is 12.1 Å². The fourth-order valence-corrected chi connectivity index (χ4v) is 3.09. The Hall–Kier alpha value is -3.81. The van der Waals surface area contributed by atoms with Crippen LogP contribution in [0.2, 0.25) is 0 Å². The van der Waals surface area contributed by atoms with Gasteiger partial charge >= 0.3 is 11.8 Å². The lowest BCUT2D eigenvalue weighted by Gasteiger charge is -2.26. The van der Waals surface area contributed by atoms with Gasteiger partial charge in [0.05, 0.1) is 18.9 Å². The van der Waals surface area contributed by atoms with Crippen molar-refractivity contribution < 1.29 is 23.8 Å². The maximum atomic E-state index is 12.4. The zero-order valence-corrected chi connectivity index (χ0v) is 16.9. The summed E-state index contributed by atoms with van der Waals surface area (Å²) in [7, 11) is 1.50. The van der Waals surface area contributed by atoms with Crippen LogP contribution in [0.5, 0.6) is 11.5 Å². The summed E-state index contributed by atoms with van der Waals surface area (Å²) in [5.74, 6) is -0.424. The van der Waals surface area contributed by atoms with Crippen LogP contribution in [-0.4, -0.2) is 34.6 Å². The summed E-state index contributed by atoms with van der Waals surface area (Å²) in [6, 6.07) is 11.7. The highest BCUT2D eigenvalue weighted by Crippen LogP contribution is 2.32. The van der Waals surface area contributed by atoms with Crippen LogP contribution in [0, 0.1) is 0 Å². The zero-order valence-electron chi connectivity index (χ0n) is 16.9. The lowest BCUT2D eigenvalue weighted by Crippen LogP contribution is -2.49. The highest BCUT2D eigenvalue weighted by molar-refractivity contribution is 6.39. The minimum Gasteiger partial charge on any atom is -0.508 e. The predicted molar refractivity (Wildman–Crippen MR) is 111 cm³/mol. The highest BCUT2D eigenvalue weighted by atomic mass is 16.5. The number of carbonyl (C=O) groups excluding carboxylic acids is 2. The van der Waals surface area contributed by atoms with E-state index in [4.69, 9.17) is 9.15 Å². The van der Waals surface area contributed by atoms with Crippen LogP contribution in [0.1, 0.15) is 19.4 Å². The molecule has 156 valence electrons. The Morgan fingerprint density at radius 2 is 1.97 bits per heavy atom. The summed E-state index contributed by atoms with van der Waals surface area (Å²) in [6.45, 7) is 3.61. The molecular formula is C22H23N3O5. The van der Waals surface area contributed by atoms with Gasteiger partial charge in [0.2, 0.25) is 0 Å². The average molecular weight is 409 g/mol. The molecule has 3 N–H and O–H groups in total. The second kappa shape index (κ2) is 8.69. The molecule has 8 heteroatoms. The van der Waals surface area contributed by atoms with E-state index in [1.807, 2.05) is 6.07 Å². The first-order chi connectivity index (χ1) is 14.3. The molecule has 3 rings (SSSR count). The average Bonchev–Trinajstić information content (AvgIpc) is 3.21. The molecule has 0 bridgehead atoms. The van der Waals surface area contributed by atoms with E-state index in [0.29, 0.717) is 29.2 Å². The van der Waals surface area contributed by atoms with E-state index in [0.717, 1.165) is 5.56 Å². The van der Waals surface area contributed by atoms with Crippen molar-refractivity contribution in [1.29, 1.82) is 0 Å². The Balaban J connectivity index is 1.65. The third-order valence-corrected chi connectivity index (χ3v) is 4.37. The van der Waals surface area contributed by atoms with Crippen molar-refractivity contribution in [3.05, 3.63) is 60.6 Å². The van der Waals surface area contributed by atoms with Gasteiger partial charge in [0.25, 0.3) is 0 Å². The molecule has 0 spiro atoms. The van der Waals surface area contributed by atoms with Crippen LogP contribution in [0.25, 0.3) is 11.3 Å². The number of benzene rings is 2. The third-order valence-electron chi connectivity index (χ3n) is 4.37. The molecule has 0 atom stereocenters. The largest absolute Gasteiger partial charge is 0.508 e. The van der Waals surface area contributed by atoms with Crippen molar-refractivity contribution in [1.82, 2.24) is 10.3 Å². The summed E-state index contributed by atoms with van der Waals surface area (Å²) >= 11 is 0. The molecule has 1 aromatic heterocycles. The first kappa shape index (κ1) is 20.9. The molecule has 1 heterocycles. The van der Waals surface area contributed by atoms with Crippen molar-refractivity contribution in [3.8, 4) is 22.8 Å². The molecule has 2 aromatic carbocycles.